The SMILES string of the molecule is CC(C)CN(C(C)C)S(=O)(=O)N(C)CCCN. The van der Waals surface area contributed by atoms with Crippen LogP contribution < -0.4 is 5.73 Å². The number of rotatable bonds is 8. The molecular formula is C11H27N3O2S. The Morgan fingerprint density at radius 3 is 2.06 bits per heavy atom. The summed E-state index contributed by atoms with van der Waals surface area (Å²) in [5, 5.41) is 0. The maximum absolute atomic E-state index is 12.3. The second-order valence-electron chi connectivity index (χ2n) is 5.03. The Morgan fingerprint density at radius 1 is 1.18 bits per heavy atom. The van der Waals surface area contributed by atoms with E-state index in [9.17, 15) is 8.42 Å². The van der Waals surface area contributed by atoms with Crippen molar-refractivity contribution >= 4 is 10.2 Å². The minimum Gasteiger partial charge on any atom is -0.330 e. The highest BCUT2D eigenvalue weighted by molar-refractivity contribution is 7.86. The van der Waals surface area contributed by atoms with Crippen molar-refractivity contribution < 1.29 is 8.42 Å². The summed E-state index contributed by atoms with van der Waals surface area (Å²) in [6.07, 6.45) is 0.684. The van der Waals surface area contributed by atoms with Gasteiger partial charge < -0.3 is 5.73 Å². The highest BCUT2D eigenvalue weighted by Crippen LogP contribution is 2.13. The largest absolute Gasteiger partial charge is 0.330 e. The van der Waals surface area contributed by atoms with Gasteiger partial charge in [0.1, 0.15) is 0 Å². The summed E-state index contributed by atoms with van der Waals surface area (Å²) in [6.45, 7) is 9.36. The lowest BCUT2D eigenvalue weighted by atomic mass is 10.2. The molecule has 0 aromatic carbocycles. The number of nitrogens with zero attached hydrogens (tertiary/aromatic N) is 2. The molecule has 0 amide bonds. The lowest BCUT2D eigenvalue weighted by molar-refractivity contribution is 0.291. The van der Waals surface area contributed by atoms with Gasteiger partial charge in [-0.25, -0.2) is 0 Å². The smallest absolute Gasteiger partial charge is 0.281 e. The second-order valence-corrected chi connectivity index (χ2v) is 7.02. The molecule has 0 aromatic rings. The molecule has 0 saturated carbocycles. The van der Waals surface area contributed by atoms with E-state index in [0.29, 0.717) is 32.0 Å². The van der Waals surface area contributed by atoms with Crippen LogP contribution in [-0.4, -0.2) is 49.8 Å². The van der Waals surface area contributed by atoms with Gasteiger partial charge in [0.15, 0.2) is 0 Å². The molecule has 5 nitrogen and oxygen atoms in total. The third kappa shape index (κ3) is 5.33. The molecule has 0 aliphatic carbocycles. The molecule has 2 N–H and O–H groups in total. The van der Waals surface area contributed by atoms with E-state index in [-0.39, 0.29) is 6.04 Å². The normalized spacial score (nSPS) is 13.3. The van der Waals surface area contributed by atoms with Gasteiger partial charge in [-0.3, -0.25) is 0 Å². The Bertz CT molecular complexity index is 302. The van der Waals surface area contributed by atoms with E-state index in [2.05, 4.69) is 0 Å². The highest BCUT2D eigenvalue weighted by atomic mass is 32.2. The van der Waals surface area contributed by atoms with Gasteiger partial charge in [0, 0.05) is 26.2 Å². The zero-order valence-electron chi connectivity index (χ0n) is 11.7. The molecule has 0 fully saturated rings. The molecule has 0 rings (SSSR count). The van der Waals surface area contributed by atoms with Crippen molar-refractivity contribution in [3.63, 3.8) is 0 Å². The molecule has 6 heteroatoms. The van der Waals surface area contributed by atoms with Gasteiger partial charge in [0.05, 0.1) is 0 Å². The molecule has 0 spiro atoms. The fraction of sp³-hybridized carbons (Fsp3) is 1.00. The van der Waals surface area contributed by atoms with Crippen LogP contribution in [0.15, 0.2) is 0 Å². The lowest BCUT2D eigenvalue weighted by Crippen LogP contribution is -2.47. The van der Waals surface area contributed by atoms with Crippen LogP contribution in [0.4, 0.5) is 0 Å². The topological polar surface area (TPSA) is 66.6 Å². The molecule has 0 unspecified atom stereocenters. The first-order chi connectivity index (χ1) is 7.73. The first kappa shape index (κ1) is 16.8. The maximum atomic E-state index is 12.3. The van der Waals surface area contributed by atoms with E-state index in [1.165, 1.54) is 4.31 Å². The molecule has 0 heterocycles. The van der Waals surface area contributed by atoms with Gasteiger partial charge in [-0.15, -0.1) is 0 Å². The van der Waals surface area contributed by atoms with Crippen molar-refractivity contribution in [2.45, 2.75) is 40.2 Å². The summed E-state index contributed by atoms with van der Waals surface area (Å²) in [5.41, 5.74) is 5.40. The molecule has 17 heavy (non-hydrogen) atoms. The van der Waals surface area contributed by atoms with E-state index >= 15 is 0 Å². The molecule has 104 valence electrons. The minimum absolute atomic E-state index is 0.0253. The van der Waals surface area contributed by atoms with Crippen LogP contribution in [-0.2, 0) is 10.2 Å². The van der Waals surface area contributed by atoms with Crippen molar-refractivity contribution in [1.82, 2.24) is 8.61 Å². The van der Waals surface area contributed by atoms with Crippen molar-refractivity contribution in [2.24, 2.45) is 11.7 Å². The predicted octanol–water partition coefficient (Wildman–Crippen LogP) is 0.878. The number of hydrogen-bond donors (Lipinski definition) is 1. The Hall–Kier alpha value is -0.170. The summed E-state index contributed by atoms with van der Waals surface area (Å²) < 4.78 is 27.6. The van der Waals surface area contributed by atoms with Crippen LogP contribution in [0.25, 0.3) is 0 Å². The van der Waals surface area contributed by atoms with Crippen LogP contribution in [0.5, 0.6) is 0 Å². The molecule has 0 bridgehead atoms. The lowest BCUT2D eigenvalue weighted by Gasteiger charge is -2.31. The predicted molar refractivity (Wildman–Crippen MR) is 71.9 cm³/mol. The van der Waals surface area contributed by atoms with Crippen molar-refractivity contribution in [1.29, 1.82) is 0 Å². The Kier molecular flexibility index (Phi) is 7.23. The Labute approximate surface area is 106 Å². The van der Waals surface area contributed by atoms with Crippen molar-refractivity contribution in [3.05, 3.63) is 0 Å². The summed E-state index contributed by atoms with van der Waals surface area (Å²) in [6, 6.07) is -0.0253. The fourth-order valence-electron chi connectivity index (χ4n) is 1.54. The summed E-state index contributed by atoms with van der Waals surface area (Å²) in [5.74, 6) is 0.315. The van der Waals surface area contributed by atoms with Crippen molar-refractivity contribution in [2.75, 3.05) is 26.7 Å². The maximum Gasteiger partial charge on any atom is 0.281 e. The van der Waals surface area contributed by atoms with Gasteiger partial charge in [0.25, 0.3) is 10.2 Å². The van der Waals surface area contributed by atoms with Crippen molar-refractivity contribution in [3.8, 4) is 0 Å². The van der Waals surface area contributed by atoms with E-state index in [1.54, 1.807) is 11.4 Å². The molecule has 0 radical (unpaired) electrons. The van der Waals surface area contributed by atoms with Crippen LogP contribution >= 0.6 is 0 Å². The van der Waals surface area contributed by atoms with Gasteiger partial charge in [-0.05, 0) is 32.7 Å². The van der Waals surface area contributed by atoms with E-state index < -0.39 is 10.2 Å². The molecule has 0 aliphatic heterocycles. The van der Waals surface area contributed by atoms with E-state index in [0.717, 1.165) is 0 Å². The standard InChI is InChI=1S/C11H27N3O2S/c1-10(2)9-14(11(3)4)17(15,16)13(5)8-6-7-12/h10-11H,6-9,12H2,1-5H3. The second kappa shape index (κ2) is 7.31. The van der Waals surface area contributed by atoms with Gasteiger partial charge >= 0.3 is 0 Å². The van der Waals surface area contributed by atoms with E-state index in [1.807, 2.05) is 27.7 Å². The zero-order valence-corrected chi connectivity index (χ0v) is 12.5. The molecule has 0 saturated heterocycles. The third-order valence-electron chi connectivity index (χ3n) is 2.49. The molecular weight excluding hydrogens is 238 g/mol. The first-order valence-electron chi connectivity index (χ1n) is 6.16. The number of hydrogen-bond acceptors (Lipinski definition) is 3. The van der Waals surface area contributed by atoms with Crippen LogP contribution in [0.3, 0.4) is 0 Å². The molecule has 0 aromatic heterocycles. The van der Waals surface area contributed by atoms with Gasteiger partial charge in [-0.1, -0.05) is 13.8 Å². The minimum atomic E-state index is -3.36. The summed E-state index contributed by atoms with van der Waals surface area (Å²) >= 11 is 0. The Morgan fingerprint density at radius 2 is 1.71 bits per heavy atom. The monoisotopic (exact) mass is 265 g/mol. The fourth-order valence-corrected chi connectivity index (χ4v) is 3.28. The van der Waals surface area contributed by atoms with E-state index in [4.69, 9.17) is 5.73 Å². The quantitative estimate of drug-likeness (QED) is 0.708. The average Bonchev–Trinajstić information content (AvgIpc) is 2.21. The average molecular weight is 265 g/mol. The van der Waals surface area contributed by atoms with Crippen LogP contribution in [0, 0.1) is 5.92 Å². The highest BCUT2D eigenvalue weighted by Gasteiger charge is 2.29. The zero-order chi connectivity index (χ0) is 13.6. The molecule has 0 atom stereocenters. The Balaban J connectivity index is 4.82. The molecule has 0 aliphatic rings. The summed E-state index contributed by atoms with van der Waals surface area (Å²) in [4.78, 5) is 0. The van der Waals surface area contributed by atoms with Crippen LogP contribution in [0.2, 0.25) is 0 Å². The van der Waals surface area contributed by atoms with Gasteiger partial charge in [-0.2, -0.15) is 17.0 Å². The third-order valence-corrected chi connectivity index (χ3v) is 4.62. The first-order valence-corrected chi connectivity index (χ1v) is 7.56. The van der Waals surface area contributed by atoms with Gasteiger partial charge in [0.2, 0.25) is 0 Å². The van der Waals surface area contributed by atoms with Crippen LogP contribution in [0.1, 0.15) is 34.1 Å². The number of nitrogens with two attached hydrogens (primary N) is 1. The summed E-state index contributed by atoms with van der Waals surface area (Å²) in [7, 11) is -1.74.